The Balaban J connectivity index is 1.23. The fourth-order valence-corrected chi connectivity index (χ4v) is 7.65. The van der Waals surface area contributed by atoms with Gasteiger partial charge in [-0.3, -0.25) is 4.79 Å². The molecule has 1 amide bonds. The number of aromatic nitrogens is 2. The number of nitrogens with one attached hydrogen (secondary N) is 2. The topological polar surface area (TPSA) is 68.2 Å². The van der Waals surface area contributed by atoms with Crippen LogP contribution >= 0.6 is 0 Å². The van der Waals surface area contributed by atoms with Crippen LogP contribution in [0.2, 0.25) is 0 Å². The Bertz CT molecular complexity index is 1080. The summed E-state index contributed by atoms with van der Waals surface area (Å²) in [5.74, 6) is 2.70. The molecule has 1 aliphatic heterocycles. The highest BCUT2D eigenvalue weighted by Gasteiger charge is 2.51. The van der Waals surface area contributed by atoms with Crippen molar-refractivity contribution >= 4 is 11.7 Å². The molecular weight excluding hydrogens is 457 g/mol. The lowest BCUT2D eigenvalue weighted by atomic mass is 9.49. The van der Waals surface area contributed by atoms with Gasteiger partial charge >= 0.3 is 6.18 Å². The third-order valence-corrected chi connectivity index (χ3v) is 8.79. The van der Waals surface area contributed by atoms with Crippen LogP contribution in [0, 0.1) is 23.2 Å². The molecule has 4 aliphatic carbocycles. The van der Waals surface area contributed by atoms with Gasteiger partial charge in [0, 0.05) is 13.0 Å². The van der Waals surface area contributed by atoms with Gasteiger partial charge in [0.05, 0.1) is 19.3 Å². The molecule has 0 radical (unpaired) electrons. The van der Waals surface area contributed by atoms with Gasteiger partial charge in [-0.15, -0.1) is 0 Å². The van der Waals surface area contributed by atoms with E-state index in [9.17, 15) is 18.0 Å². The lowest BCUT2D eigenvalue weighted by Crippen LogP contribution is -2.51. The number of ether oxygens (including phenoxy) is 1. The molecule has 1 aromatic heterocycles. The number of carbonyl (C=O) groups excluding carboxylic acids is 1. The zero-order chi connectivity index (χ0) is 24.4. The Hall–Kier alpha value is -2.71. The molecule has 0 saturated heterocycles. The predicted molar refractivity (Wildman–Crippen MR) is 124 cm³/mol. The summed E-state index contributed by atoms with van der Waals surface area (Å²) >= 11 is 0. The number of halogens is 3. The van der Waals surface area contributed by atoms with Crippen LogP contribution in [0.1, 0.15) is 73.0 Å². The molecule has 2 N–H and O–H groups in total. The van der Waals surface area contributed by atoms with E-state index in [0.29, 0.717) is 17.9 Å². The van der Waals surface area contributed by atoms with E-state index in [1.54, 1.807) is 31.4 Å². The van der Waals surface area contributed by atoms with Crippen molar-refractivity contribution in [3.8, 4) is 5.75 Å². The molecule has 9 heteroatoms. The highest BCUT2D eigenvalue weighted by atomic mass is 19.4. The summed E-state index contributed by atoms with van der Waals surface area (Å²) in [6, 6.07) is 4.54. The molecule has 5 aliphatic rings. The maximum Gasteiger partial charge on any atom is 0.410 e. The molecule has 6 nitrogen and oxygen atoms in total. The van der Waals surface area contributed by atoms with Crippen LogP contribution < -0.4 is 15.4 Å². The number of alkyl halides is 3. The molecule has 35 heavy (non-hydrogen) atoms. The van der Waals surface area contributed by atoms with Gasteiger partial charge in [0.1, 0.15) is 17.1 Å². The number of methoxy groups -OCH3 is 1. The first-order chi connectivity index (χ1) is 16.7. The molecule has 1 aromatic carbocycles. The molecule has 4 saturated carbocycles. The summed E-state index contributed by atoms with van der Waals surface area (Å²) in [4.78, 5) is 13.3. The van der Waals surface area contributed by atoms with Crippen molar-refractivity contribution < 1.29 is 22.7 Å². The van der Waals surface area contributed by atoms with Crippen molar-refractivity contribution in [3.05, 3.63) is 41.6 Å². The Kier molecular flexibility index (Phi) is 5.30. The number of anilines is 1. The SMILES string of the molecule is COc1ccc([C@@H]2C[C@H](C(F)(F)F)n3ncc(C(=O)NCC45CC6CC(CC(C6)C4)C5)c3N2)cc1. The summed E-state index contributed by atoms with van der Waals surface area (Å²) < 4.78 is 48.1. The number of nitrogens with zero attached hydrogens (tertiary/aromatic N) is 2. The average molecular weight is 489 g/mol. The van der Waals surface area contributed by atoms with Crippen LogP contribution in [-0.4, -0.2) is 35.5 Å². The van der Waals surface area contributed by atoms with Crippen molar-refractivity contribution in [3.63, 3.8) is 0 Å². The minimum atomic E-state index is -4.49. The van der Waals surface area contributed by atoms with Gasteiger partial charge in [0.15, 0.2) is 6.04 Å². The smallest absolute Gasteiger partial charge is 0.410 e. The van der Waals surface area contributed by atoms with Crippen molar-refractivity contribution in [2.75, 3.05) is 19.0 Å². The minimum absolute atomic E-state index is 0.127. The van der Waals surface area contributed by atoms with Crippen LogP contribution in [0.25, 0.3) is 0 Å². The van der Waals surface area contributed by atoms with E-state index in [1.807, 2.05) is 0 Å². The fraction of sp³-hybridized carbons (Fsp3) is 0.615. The van der Waals surface area contributed by atoms with Crippen LogP contribution in [0.3, 0.4) is 0 Å². The van der Waals surface area contributed by atoms with Gasteiger partial charge in [-0.25, -0.2) is 4.68 Å². The van der Waals surface area contributed by atoms with E-state index in [2.05, 4.69) is 15.7 Å². The molecule has 188 valence electrons. The second-order valence-electron chi connectivity index (χ2n) is 11.2. The minimum Gasteiger partial charge on any atom is -0.497 e. The molecule has 0 spiro atoms. The summed E-state index contributed by atoms with van der Waals surface area (Å²) in [6.07, 6.45) is 3.99. The van der Waals surface area contributed by atoms with Gasteiger partial charge in [-0.1, -0.05) is 12.1 Å². The Morgan fingerprint density at radius 3 is 2.31 bits per heavy atom. The predicted octanol–water partition coefficient (Wildman–Crippen LogP) is 5.50. The number of carbonyl (C=O) groups is 1. The maximum atomic E-state index is 14.0. The van der Waals surface area contributed by atoms with Crippen molar-refractivity contribution in [2.45, 2.75) is 63.2 Å². The number of hydrogen-bond acceptors (Lipinski definition) is 4. The van der Waals surface area contributed by atoms with E-state index < -0.39 is 18.3 Å². The van der Waals surface area contributed by atoms with Gasteiger partial charge in [0.25, 0.3) is 5.91 Å². The van der Waals surface area contributed by atoms with Crippen molar-refractivity contribution in [1.29, 1.82) is 0 Å². The lowest BCUT2D eigenvalue weighted by molar-refractivity contribution is -0.173. The molecule has 2 aromatic rings. The van der Waals surface area contributed by atoms with Crippen LogP contribution in [0.5, 0.6) is 5.75 Å². The Morgan fingerprint density at radius 1 is 1.11 bits per heavy atom. The second kappa shape index (κ2) is 8.17. The second-order valence-corrected chi connectivity index (χ2v) is 11.2. The summed E-state index contributed by atoms with van der Waals surface area (Å²) in [5, 5.41) is 10.3. The number of amides is 1. The number of rotatable bonds is 5. The number of hydrogen-bond donors (Lipinski definition) is 2. The van der Waals surface area contributed by atoms with Gasteiger partial charge < -0.3 is 15.4 Å². The highest BCUT2D eigenvalue weighted by Crippen LogP contribution is 2.59. The first kappa shape index (κ1) is 22.7. The van der Waals surface area contributed by atoms with E-state index in [-0.39, 0.29) is 29.1 Å². The molecule has 4 bridgehead atoms. The molecular formula is C26H31F3N4O2. The normalized spacial score (nSPS) is 33.2. The standard InChI is InChI=1S/C26H31F3N4O2/c1-35-19-4-2-18(3-5-19)21-9-22(26(27,28)29)33-23(32-21)20(13-31-33)24(34)30-14-25-10-15-6-16(11-25)8-17(7-15)12-25/h2-5,13,15-17,21-22,32H,6-12,14H2,1H3,(H,30,34)/t15?,16?,17?,21-,22+,25?/m0/s1. The highest BCUT2D eigenvalue weighted by molar-refractivity contribution is 5.99. The zero-order valence-corrected chi connectivity index (χ0v) is 19.8. The summed E-state index contributed by atoms with van der Waals surface area (Å²) in [5.41, 5.74) is 1.01. The van der Waals surface area contributed by atoms with Crippen LogP contribution in [0.4, 0.5) is 19.0 Å². The van der Waals surface area contributed by atoms with Gasteiger partial charge in [0.2, 0.25) is 0 Å². The third-order valence-electron chi connectivity index (χ3n) is 8.79. The summed E-state index contributed by atoms with van der Waals surface area (Å²) in [7, 11) is 1.54. The monoisotopic (exact) mass is 488 g/mol. The van der Waals surface area contributed by atoms with Gasteiger partial charge in [-0.2, -0.15) is 18.3 Å². The maximum absolute atomic E-state index is 14.0. The molecule has 2 heterocycles. The Morgan fingerprint density at radius 2 is 1.74 bits per heavy atom. The van der Waals surface area contributed by atoms with Crippen LogP contribution in [0.15, 0.2) is 30.5 Å². The van der Waals surface area contributed by atoms with E-state index in [4.69, 9.17) is 4.74 Å². The number of fused-ring (bicyclic) bond motifs is 1. The Labute approximate surface area is 202 Å². The molecule has 4 fully saturated rings. The van der Waals surface area contributed by atoms with Crippen LogP contribution in [-0.2, 0) is 0 Å². The van der Waals surface area contributed by atoms with Crippen molar-refractivity contribution in [1.82, 2.24) is 15.1 Å². The molecule has 2 atom stereocenters. The van der Waals surface area contributed by atoms with Gasteiger partial charge in [-0.05, 0) is 79.4 Å². The molecule has 0 unspecified atom stereocenters. The first-order valence-corrected chi connectivity index (χ1v) is 12.6. The first-order valence-electron chi connectivity index (χ1n) is 12.6. The van der Waals surface area contributed by atoms with Crippen molar-refractivity contribution in [2.24, 2.45) is 23.2 Å². The largest absolute Gasteiger partial charge is 0.497 e. The summed E-state index contributed by atoms with van der Waals surface area (Å²) in [6.45, 7) is 0.588. The lowest BCUT2D eigenvalue weighted by Gasteiger charge is -2.56. The zero-order valence-electron chi connectivity index (χ0n) is 19.8. The quantitative estimate of drug-likeness (QED) is 0.583. The van der Waals surface area contributed by atoms with E-state index >= 15 is 0 Å². The molecule has 7 rings (SSSR count). The van der Waals surface area contributed by atoms with E-state index in [1.165, 1.54) is 25.5 Å². The van der Waals surface area contributed by atoms with E-state index in [0.717, 1.165) is 41.7 Å². The fourth-order valence-electron chi connectivity index (χ4n) is 7.65. The number of benzene rings is 1. The third kappa shape index (κ3) is 4.06. The average Bonchev–Trinajstić information content (AvgIpc) is 3.24.